The van der Waals surface area contributed by atoms with Crippen molar-refractivity contribution in [1.29, 1.82) is 0 Å². The van der Waals surface area contributed by atoms with E-state index in [1.807, 2.05) is 0 Å². The Balaban J connectivity index is 2.09. The molecule has 1 aromatic heterocycles. The molecule has 4 nitrogen and oxygen atoms in total. The Labute approximate surface area is 131 Å². The Morgan fingerprint density at radius 1 is 1.23 bits per heavy atom. The Kier molecular flexibility index (Phi) is 4.72. The van der Waals surface area contributed by atoms with Gasteiger partial charge in [-0.25, -0.2) is 4.79 Å². The lowest BCUT2D eigenvalue weighted by molar-refractivity contribution is -0.137. The summed E-state index contributed by atoms with van der Waals surface area (Å²) in [4.78, 5) is 16.4. The number of oxime groups is 1. The fourth-order valence-corrected chi connectivity index (χ4v) is 2.46. The largest absolute Gasteiger partial charge is 0.416 e. The highest BCUT2D eigenvalue weighted by Crippen LogP contribution is 2.29. The molecule has 9 heteroatoms. The van der Waals surface area contributed by atoms with Gasteiger partial charge in [0.05, 0.1) is 10.6 Å². The molecular weight excluding hydrogens is 341 g/mol. The van der Waals surface area contributed by atoms with E-state index in [0.717, 1.165) is 35.6 Å². The minimum Gasteiger partial charge on any atom is -0.380 e. The number of benzene rings is 1. The van der Waals surface area contributed by atoms with Crippen LogP contribution in [0.2, 0.25) is 5.02 Å². The Hall–Kier alpha value is -2.06. The average molecular weight is 349 g/mol. The molecule has 0 spiro atoms. The Bertz CT molecular complexity index is 711. The second-order valence-electron chi connectivity index (χ2n) is 4.03. The summed E-state index contributed by atoms with van der Waals surface area (Å²) in [6, 6.07) is 5.50. The van der Waals surface area contributed by atoms with Gasteiger partial charge in [0, 0.05) is 5.56 Å². The van der Waals surface area contributed by atoms with Crippen LogP contribution in [0.1, 0.15) is 20.8 Å². The smallest absolute Gasteiger partial charge is 0.380 e. The first-order valence-corrected chi connectivity index (χ1v) is 7.00. The van der Waals surface area contributed by atoms with Gasteiger partial charge in [0.2, 0.25) is 0 Å². The van der Waals surface area contributed by atoms with Crippen molar-refractivity contribution in [2.75, 3.05) is 0 Å². The predicted molar refractivity (Wildman–Crippen MR) is 76.9 cm³/mol. The summed E-state index contributed by atoms with van der Waals surface area (Å²) in [5.41, 5.74) is 4.93. The number of carbonyl (C=O) groups is 1. The lowest BCUT2D eigenvalue weighted by Gasteiger charge is -2.07. The van der Waals surface area contributed by atoms with E-state index >= 15 is 0 Å². The zero-order valence-electron chi connectivity index (χ0n) is 10.7. The highest BCUT2D eigenvalue weighted by atomic mass is 35.5. The van der Waals surface area contributed by atoms with Gasteiger partial charge in [-0.3, -0.25) is 0 Å². The van der Waals surface area contributed by atoms with E-state index in [1.165, 1.54) is 6.07 Å². The van der Waals surface area contributed by atoms with Gasteiger partial charge in [-0.2, -0.15) is 13.2 Å². The number of thiophene rings is 1. The molecule has 0 radical (unpaired) electrons. The number of halogens is 4. The molecule has 0 bridgehead atoms. The molecule has 0 aliphatic carbocycles. The summed E-state index contributed by atoms with van der Waals surface area (Å²) in [7, 11) is 0. The van der Waals surface area contributed by atoms with Gasteiger partial charge in [-0.15, -0.1) is 11.3 Å². The first-order valence-electron chi connectivity index (χ1n) is 5.74. The molecule has 0 amide bonds. The number of amidine groups is 1. The lowest BCUT2D eigenvalue weighted by Crippen LogP contribution is -2.15. The molecule has 22 heavy (non-hydrogen) atoms. The summed E-state index contributed by atoms with van der Waals surface area (Å²) >= 11 is 6.82. The van der Waals surface area contributed by atoms with Crippen molar-refractivity contribution in [2.24, 2.45) is 10.9 Å². The number of hydrogen-bond acceptors (Lipinski definition) is 4. The van der Waals surface area contributed by atoms with Crippen molar-refractivity contribution in [3.05, 3.63) is 56.7 Å². The van der Waals surface area contributed by atoms with Gasteiger partial charge in [0.1, 0.15) is 4.88 Å². The van der Waals surface area contributed by atoms with Gasteiger partial charge in [0.15, 0.2) is 5.84 Å². The number of alkyl halides is 3. The first-order chi connectivity index (χ1) is 10.3. The van der Waals surface area contributed by atoms with Crippen LogP contribution in [-0.4, -0.2) is 11.8 Å². The van der Waals surface area contributed by atoms with Gasteiger partial charge < -0.3 is 10.6 Å². The van der Waals surface area contributed by atoms with Crippen LogP contribution in [0.5, 0.6) is 0 Å². The normalized spacial score (nSPS) is 12.3. The molecule has 1 heterocycles. The van der Waals surface area contributed by atoms with Crippen molar-refractivity contribution in [2.45, 2.75) is 6.18 Å². The maximum atomic E-state index is 12.4. The molecule has 0 saturated carbocycles. The van der Waals surface area contributed by atoms with Crippen LogP contribution < -0.4 is 5.73 Å². The van der Waals surface area contributed by atoms with E-state index < -0.39 is 17.7 Å². The highest BCUT2D eigenvalue weighted by Gasteiger charge is 2.30. The molecule has 0 aliphatic heterocycles. The average Bonchev–Trinajstić information content (AvgIpc) is 2.90. The lowest BCUT2D eigenvalue weighted by atomic mass is 10.1. The molecule has 0 atom stereocenters. The summed E-state index contributed by atoms with van der Waals surface area (Å²) < 4.78 is 37.3. The Morgan fingerprint density at radius 2 is 1.86 bits per heavy atom. The van der Waals surface area contributed by atoms with Crippen LogP contribution >= 0.6 is 22.9 Å². The van der Waals surface area contributed by atoms with Crippen LogP contribution in [0.4, 0.5) is 13.2 Å². The fraction of sp³-hybridized carbons (Fsp3) is 0.0769. The van der Waals surface area contributed by atoms with Gasteiger partial charge in [-0.05, 0) is 23.6 Å². The maximum absolute atomic E-state index is 12.4. The first kappa shape index (κ1) is 16.3. The third kappa shape index (κ3) is 3.77. The molecule has 1 aromatic carbocycles. The third-order valence-corrected chi connectivity index (χ3v) is 3.86. The Morgan fingerprint density at radius 3 is 2.36 bits per heavy atom. The van der Waals surface area contributed by atoms with E-state index in [-0.39, 0.29) is 21.3 Å². The number of nitrogens with two attached hydrogens (primary N) is 1. The highest BCUT2D eigenvalue weighted by molar-refractivity contribution is 7.12. The molecule has 0 unspecified atom stereocenters. The van der Waals surface area contributed by atoms with Crippen molar-refractivity contribution >= 4 is 34.7 Å². The summed E-state index contributed by atoms with van der Waals surface area (Å²) in [6.07, 6.45) is -4.44. The molecule has 2 aromatic rings. The van der Waals surface area contributed by atoms with Gasteiger partial charge in [0.25, 0.3) is 0 Å². The van der Waals surface area contributed by atoms with Crippen molar-refractivity contribution in [3.8, 4) is 0 Å². The van der Waals surface area contributed by atoms with E-state index in [9.17, 15) is 18.0 Å². The van der Waals surface area contributed by atoms with Crippen molar-refractivity contribution in [3.63, 3.8) is 0 Å². The molecule has 0 aliphatic rings. The third-order valence-electron chi connectivity index (χ3n) is 2.54. The van der Waals surface area contributed by atoms with E-state index in [2.05, 4.69) is 9.99 Å². The van der Waals surface area contributed by atoms with E-state index in [1.54, 1.807) is 5.38 Å². The fourth-order valence-electron chi connectivity index (χ4n) is 1.45. The van der Waals surface area contributed by atoms with Gasteiger partial charge in [-0.1, -0.05) is 28.9 Å². The molecule has 116 valence electrons. The minimum atomic E-state index is -4.44. The monoisotopic (exact) mass is 348 g/mol. The number of nitrogens with zero attached hydrogens (tertiary/aromatic N) is 1. The van der Waals surface area contributed by atoms with Crippen LogP contribution in [-0.2, 0) is 11.0 Å². The molecule has 0 fully saturated rings. The SMILES string of the molecule is NC(=NOC(=O)c1sccc1Cl)c1ccc(C(F)(F)F)cc1. The standard InChI is InChI=1S/C13H8ClF3N2O2S/c14-9-5-6-22-10(9)12(20)21-19-11(18)7-1-3-8(4-2-7)13(15,16)17/h1-6H,(H2,18,19). The van der Waals surface area contributed by atoms with Crippen LogP contribution in [0.3, 0.4) is 0 Å². The molecule has 0 saturated heterocycles. The zero-order valence-corrected chi connectivity index (χ0v) is 12.3. The molecule has 2 N–H and O–H groups in total. The maximum Gasteiger partial charge on any atom is 0.416 e. The summed E-state index contributed by atoms with van der Waals surface area (Å²) in [6.45, 7) is 0. The van der Waals surface area contributed by atoms with Crippen molar-refractivity contribution < 1.29 is 22.8 Å². The summed E-state index contributed by atoms with van der Waals surface area (Å²) in [5, 5.41) is 5.21. The molecule has 2 rings (SSSR count). The van der Waals surface area contributed by atoms with Gasteiger partial charge >= 0.3 is 12.1 Å². The zero-order chi connectivity index (χ0) is 16.3. The topological polar surface area (TPSA) is 64.7 Å². The molecular formula is C13H8ClF3N2O2S. The van der Waals surface area contributed by atoms with Crippen LogP contribution in [0.15, 0.2) is 40.9 Å². The van der Waals surface area contributed by atoms with E-state index in [4.69, 9.17) is 17.3 Å². The minimum absolute atomic E-state index is 0.158. The van der Waals surface area contributed by atoms with Crippen LogP contribution in [0, 0.1) is 0 Å². The van der Waals surface area contributed by atoms with E-state index in [0.29, 0.717) is 0 Å². The second kappa shape index (κ2) is 6.37. The predicted octanol–water partition coefficient (Wildman–Crippen LogP) is 3.90. The summed E-state index contributed by atoms with van der Waals surface area (Å²) in [5.74, 6) is -1.02. The second-order valence-corrected chi connectivity index (χ2v) is 5.35. The number of rotatable bonds is 3. The number of carbonyl (C=O) groups excluding carboxylic acids is 1. The quantitative estimate of drug-likeness (QED) is 0.396. The number of hydrogen-bond donors (Lipinski definition) is 1. The van der Waals surface area contributed by atoms with Crippen LogP contribution in [0.25, 0.3) is 0 Å². The van der Waals surface area contributed by atoms with Crippen molar-refractivity contribution in [1.82, 2.24) is 0 Å².